The van der Waals surface area contributed by atoms with Crippen LogP contribution in [0.2, 0.25) is 0 Å². The molecule has 8 heteroatoms. The van der Waals surface area contributed by atoms with Gasteiger partial charge in [-0.2, -0.15) is 5.10 Å². The van der Waals surface area contributed by atoms with E-state index in [2.05, 4.69) is 20.5 Å². The van der Waals surface area contributed by atoms with Gasteiger partial charge in [-0.25, -0.2) is 13.8 Å². The Bertz CT molecular complexity index is 1070. The highest BCUT2D eigenvalue weighted by Gasteiger charge is 2.24. The highest BCUT2D eigenvalue weighted by molar-refractivity contribution is 6.13. The largest absolute Gasteiger partial charge is 0.490 e. The first kappa shape index (κ1) is 17.8. The number of anilines is 1. The number of aromatic amines is 1. The Labute approximate surface area is 165 Å². The first-order valence-electron chi connectivity index (χ1n) is 9.41. The molecule has 0 bridgehead atoms. The molecule has 2 aromatic carbocycles. The van der Waals surface area contributed by atoms with Gasteiger partial charge in [-0.3, -0.25) is 5.10 Å². The van der Waals surface area contributed by atoms with Crippen LogP contribution >= 0.6 is 0 Å². The molecule has 0 aliphatic carbocycles. The molecule has 3 aromatic rings. The second-order valence-corrected chi connectivity index (χ2v) is 6.95. The molecule has 1 fully saturated rings. The molecule has 5 rings (SSSR count). The lowest BCUT2D eigenvalue weighted by molar-refractivity contribution is 0.0256. The van der Waals surface area contributed by atoms with Crippen molar-refractivity contribution in [3.05, 3.63) is 59.8 Å². The van der Waals surface area contributed by atoms with Gasteiger partial charge in [0.15, 0.2) is 0 Å². The SMILES string of the molecule is Fc1cccc(F)c1C1=Nc2cc(OC3CCOCC3)ccc2-c2[nH]ncc2N1. The summed E-state index contributed by atoms with van der Waals surface area (Å²) >= 11 is 0. The first-order chi connectivity index (χ1) is 14.2. The Kier molecular flexibility index (Phi) is 4.48. The van der Waals surface area contributed by atoms with E-state index in [-0.39, 0.29) is 17.5 Å². The molecule has 0 saturated carbocycles. The molecule has 148 valence electrons. The number of hydrogen-bond acceptors (Lipinski definition) is 5. The lowest BCUT2D eigenvalue weighted by atomic mass is 10.1. The fourth-order valence-corrected chi connectivity index (χ4v) is 3.58. The van der Waals surface area contributed by atoms with Gasteiger partial charge in [-0.15, -0.1) is 0 Å². The monoisotopic (exact) mass is 396 g/mol. The lowest BCUT2D eigenvalue weighted by Gasteiger charge is -2.23. The second-order valence-electron chi connectivity index (χ2n) is 6.95. The summed E-state index contributed by atoms with van der Waals surface area (Å²) in [6, 6.07) is 9.24. The van der Waals surface area contributed by atoms with Crippen molar-refractivity contribution < 1.29 is 18.3 Å². The molecule has 0 amide bonds. The average molecular weight is 396 g/mol. The third-order valence-electron chi connectivity index (χ3n) is 5.03. The van der Waals surface area contributed by atoms with E-state index < -0.39 is 11.6 Å². The number of ether oxygens (including phenoxy) is 2. The van der Waals surface area contributed by atoms with Gasteiger partial charge in [0.2, 0.25) is 0 Å². The molecule has 1 aromatic heterocycles. The van der Waals surface area contributed by atoms with Crippen molar-refractivity contribution in [3.8, 4) is 17.0 Å². The van der Waals surface area contributed by atoms with Crippen LogP contribution in [0.1, 0.15) is 18.4 Å². The molecule has 3 heterocycles. The summed E-state index contributed by atoms with van der Waals surface area (Å²) in [4.78, 5) is 4.54. The van der Waals surface area contributed by atoms with Crippen molar-refractivity contribution in [3.63, 3.8) is 0 Å². The van der Waals surface area contributed by atoms with Crippen molar-refractivity contribution in [1.29, 1.82) is 0 Å². The third kappa shape index (κ3) is 3.36. The number of nitrogens with zero attached hydrogens (tertiary/aromatic N) is 2. The molecule has 2 aliphatic rings. The summed E-state index contributed by atoms with van der Waals surface area (Å²) in [7, 11) is 0. The minimum atomic E-state index is -0.695. The topological polar surface area (TPSA) is 71.5 Å². The Morgan fingerprint density at radius 2 is 1.86 bits per heavy atom. The Hall–Kier alpha value is -3.26. The predicted octanol–water partition coefficient (Wildman–Crippen LogP) is 4.42. The number of halogens is 2. The molecular weight excluding hydrogens is 378 g/mol. The average Bonchev–Trinajstić information content (AvgIpc) is 3.11. The summed E-state index contributed by atoms with van der Waals surface area (Å²) in [6.07, 6.45) is 3.27. The van der Waals surface area contributed by atoms with E-state index in [1.165, 1.54) is 18.2 Å². The zero-order chi connectivity index (χ0) is 19.8. The van der Waals surface area contributed by atoms with Crippen LogP contribution in [-0.4, -0.2) is 35.4 Å². The quantitative estimate of drug-likeness (QED) is 0.688. The smallest absolute Gasteiger partial charge is 0.144 e. The summed E-state index contributed by atoms with van der Waals surface area (Å²) < 4.78 is 40.3. The van der Waals surface area contributed by atoms with Crippen LogP contribution in [0.15, 0.2) is 47.6 Å². The van der Waals surface area contributed by atoms with Gasteiger partial charge < -0.3 is 14.8 Å². The molecule has 1 saturated heterocycles. The normalized spacial score (nSPS) is 16.3. The van der Waals surface area contributed by atoms with Gasteiger partial charge in [0, 0.05) is 24.5 Å². The van der Waals surface area contributed by atoms with Crippen LogP contribution in [0.4, 0.5) is 20.2 Å². The molecule has 0 radical (unpaired) electrons. The van der Waals surface area contributed by atoms with Crippen molar-refractivity contribution in [1.82, 2.24) is 10.2 Å². The lowest BCUT2D eigenvalue weighted by Crippen LogP contribution is -2.25. The predicted molar refractivity (Wildman–Crippen MR) is 105 cm³/mol. The van der Waals surface area contributed by atoms with Crippen LogP contribution in [-0.2, 0) is 4.74 Å². The van der Waals surface area contributed by atoms with Gasteiger partial charge in [0.05, 0.1) is 42.0 Å². The Balaban J connectivity index is 1.60. The van der Waals surface area contributed by atoms with E-state index in [1.807, 2.05) is 12.1 Å². The van der Waals surface area contributed by atoms with Crippen LogP contribution in [0, 0.1) is 11.6 Å². The molecule has 2 aliphatic heterocycles. The summed E-state index contributed by atoms with van der Waals surface area (Å²) in [5.41, 5.74) is 2.35. The minimum absolute atomic E-state index is 0.0703. The fraction of sp³-hybridized carbons (Fsp3) is 0.238. The molecule has 0 spiro atoms. The molecule has 29 heavy (non-hydrogen) atoms. The first-order valence-corrected chi connectivity index (χ1v) is 9.41. The summed E-state index contributed by atoms with van der Waals surface area (Å²) in [6.45, 7) is 1.35. The molecular formula is C21H18F2N4O2. The van der Waals surface area contributed by atoms with Crippen LogP contribution in [0.5, 0.6) is 5.75 Å². The zero-order valence-corrected chi connectivity index (χ0v) is 15.4. The Morgan fingerprint density at radius 3 is 2.66 bits per heavy atom. The van der Waals surface area contributed by atoms with Crippen molar-refractivity contribution in [2.75, 3.05) is 18.5 Å². The van der Waals surface area contributed by atoms with Crippen molar-refractivity contribution in [2.45, 2.75) is 18.9 Å². The summed E-state index contributed by atoms with van der Waals surface area (Å²) in [5.74, 6) is -0.667. The molecule has 0 atom stereocenters. The van der Waals surface area contributed by atoms with Gasteiger partial charge in [0.1, 0.15) is 29.3 Å². The van der Waals surface area contributed by atoms with Crippen LogP contribution in [0.3, 0.4) is 0 Å². The minimum Gasteiger partial charge on any atom is -0.490 e. The number of nitrogens with one attached hydrogen (secondary N) is 2. The molecule has 2 N–H and O–H groups in total. The number of benzene rings is 2. The van der Waals surface area contributed by atoms with E-state index in [4.69, 9.17) is 9.47 Å². The highest BCUT2D eigenvalue weighted by Crippen LogP contribution is 2.39. The standard InChI is InChI=1S/C21H18F2N4O2/c22-15-2-1-3-16(23)19(15)21-25-17-10-13(29-12-6-8-28-9-7-12)4-5-14(17)20-18(26-21)11-24-27-20/h1-5,10-12H,6-9H2,(H,24,27)(H,25,26). The van der Waals surface area contributed by atoms with Crippen molar-refractivity contribution in [2.24, 2.45) is 4.99 Å². The van der Waals surface area contributed by atoms with E-state index in [9.17, 15) is 8.78 Å². The maximum Gasteiger partial charge on any atom is 0.144 e. The maximum absolute atomic E-state index is 14.4. The van der Waals surface area contributed by atoms with Gasteiger partial charge in [-0.1, -0.05) is 6.07 Å². The van der Waals surface area contributed by atoms with E-state index in [1.54, 1.807) is 12.3 Å². The summed E-state index contributed by atoms with van der Waals surface area (Å²) in [5, 5.41) is 9.99. The number of hydrogen-bond donors (Lipinski definition) is 2. The third-order valence-corrected chi connectivity index (χ3v) is 5.03. The van der Waals surface area contributed by atoms with E-state index in [0.717, 1.165) is 18.4 Å². The van der Waals surface area contributed by atoms with Crippen LogP contribution < -0.4 is 10.1 Å². The number of rotatable bonds is 3. The number of fused-ring (bicyclic) bond motifs is 3. The molecule has 6 nitrogen and oxygen atoms in total. The van der Waals surface area contributed by atoms with Gasteiger partial charge >= 0.3 is 0 Å². The molecule has 0 unspecified atom stereocenters. The maximum atomic E-state index is 14.4. The van der Waals surface area contributed by atoms with E-state index >= 15 is 0 Å². The zero-order valence-electron chi connectivity index (χ0n) is 15.4. The van der Waals surface area contributed by atoms with Gasteiger partial charge in [0.25, 0.3) is 0 Å². The fourth-order valence-electron chi connectivity index (χ4n) is 3.58. The number of aliphatic imine (C=N–C) groups is 1. The highest BCUT2D eigenvalue weighted by atomic mass is 19.1. The number of amidine groups is 1. The van der Waals surface area contributed by atoms with Gasteiger partial charge in [-0.05, 0) is 24.3 Å². The Morgan fingerprint density at radius 1 is 1.07 bits per heavy atom. The van der Waals surface area contributed by atoms with Crippen molar-refractivity contribution >= 4 is 17.2 Å². The second kappa shape index (κ2) is 7.29. The number of aromatic nitrogens is 2. The number of H-pyrrole nitrogens is 1. The van der Waals surface area contributed by atoms with Crippen LogP contribution in [0.25, 0.3) is 11.3 Å². The van der Waals surface area contributed by atoms with E-state index in [0.29, 0.717) is 36.0 Å².